The maximum atomic E-state index is 10.2. The Balaban J connectivity index is 2.24. The van der Waals surface area contributed by atoms with Crippen molar-refractivity contribution in [3.8, 4) is 0 Å². The molecule has 2 rings (SSSR count). The van der Waals surface area contributed by atoms with Crippen LogP contribution >= 0.6 is 11.6 Å². The van der Waals surface area contributed by atoms with Crippen LogP contribution in [0.2, 0.25) is 5.02 Å². The van der Waals surface area contributed by atoms with Gasteiger partial charge in [-0.05, 0) is 24.8 Å². The van der Waals surface area contributed by atoms with Crippen molar-refractivity contribution in [2.75, 3.05) is 5.73 Å². The van der Waals surface area contributed by atoms with Gasteiger partial charge < -0.3 is 10.8 Å². The Morgan fingerprint density at radius 3 is 2.67 bits per heavy atom. The van der Waals surface area contributed by atoms with Crippen LogP contribution in [0.15, 0.2) is 18.2 Å². The predicted molar refractivity (Wildman–Crippen MR) is 62.8 cm³/mol. The van der Waals surface area contributed by atoms with Gasteiger partial charge in [0.1, 0.15) is 0 Å². The highest BCUT2D eigenvalue weighted by Crippen LogP contribution is 2.38. The average molecular weight is 226 g/mol. The van der Waals surface area contributed by atoms with E-state index < -0.39 is 6.10 Å². The molecule has 0 radical (unpaired) electrons. The summed E-state index contributed by atoms with van der Waals surface area (Å²) in [5.74, 6) is 0.353. The summed E-state index contributed by atoms with van der Waals surface area (Å²) in [6.07, 6.45) is 4.15. The zero-order chi connectivity index (χ0) is 10.8. The number of aliphatic hydroxyl groups is 1. The van der Waals surface area contributed by atoms with Crippen molar-refractivity contribution in [2.45, 2.75) is 31.8 Å². The molecule has 3 heteroatoms. The Morgan fingerprint density at radius 1 is 1.33 bits per heavy atom. The minimum absolute atomic E-state index is 0.353. The summed E-state index contributed by atoms with van der Waals surface area (Å²) in [6.45, 7) is 0. The lowest BCUT2D eigenvalue weighted by atomic mass is 9.93. The third kappa shape index (κ3) is 2.11. The van der Waals surface area contributed by atoms with Crippen LogP contribution in [0.25, 0.3) is 0 Å². The van der Waals surface area contributed by atoms with Crippen LogP contribution in [0.4, 0.5) is 5.69 Å². The van der Waals surface area contributed by atoms with Crippen molar-refractivity contribution in [3.63, 3.8) is 0 Å². The van der Waals surface area contributed by atoms with Gasteiger partial charge in [-0.15, -0.1) is 0 Å². The van der Waals surface area contributed by atoms with Crippen LogP contribution in [0.3, 0.4) is 0 Å². The first-order valence-corrected chi connectivity index (χ1v) is 5.80. The fourth-order valence-corrected chi connectivity index (χ4v) is 2.52. The maximum Gasteiger partial charge on any atom is 0.0838 e. The van der Waals surface area contributed by atoms with E-state index in [-0.39, 0.29) is 0 Å². The Bertz CT molecular complexity index is 347. The fourth-order valence-electron chi connectivity index (χ4n) is 2.34. The molecule has 0 heterocycles. The molecule has 82 valence electrons. The van der Waals surface area contributed by atoms with Crippen LogP contribution in [-0.2, 0) is 0 Å². The van der Waals surface area contributed by atoms with Crippen molar-refractivity contribution in [3.05, 3.63) is 28.8 Å². The molecule has 1 fully saturated rings. The zero-order valence-electron chi connectivity index (χ0n) is 8.62. The van der Waals surface area contributed by atoms with Gasteiger partial charge in [0.25, 0.3) is 0 Å². The first-order chi connectivity index (χ1) is 7.20. The molecule has 0 aliphatic heterocycles. The number of hydrogen-bond acceptors (Lipinski definition) is 2. The summed E-state index contributed by atoms with van der Waals surface area (Å²) in [7, 11) is 0. The summed E-state index contributed by atoms with van der Waals surface area (Å²) in [5, 5.41) is 10.7. The molecule has 1 saturated carbocycles. The molecular formula is C12H16ClNO. The van der Waals surface area contributed by atoms with Gasteiger partial charge in [0.2, 0.25) is 0 Å². The molecule has 0 spiro atoms. The van der Waals surface area contributed by atoms with Crippen LogP contribution in [-0.4, -0.2) is 5.11 Å². The maximum absolute atomic E-state index is 10.2. The summed E-state index contributed by atoms with van der Waals surface area (Å²) < 4.78 is 0. The molecule has 1 aromatic rings. The lowest BCUT2D eigenvalue weighted by molar-refractivity contribution is 0.112. The highest BCUT2D eigenvalue weighted by Gasteiger charge is 2.26. The molecule has 0 saturated heterocycles. The number of nitrogen functional groups attached to an aromatic ring is 1. The van der Waals surface area contributed by atoms with Gasteiger partial charge in [0.15, 0.2) is 0 Å². The van der Waals surface area contributed by atoms with E-state index >= 15 is 0 Å². The lowest BCUT2D eigenvalue weighted by Crippen LogP contribution is -2.11. The minimum atomic E-state index is -0.453. The lowest BCUT2D eigenvalue weighted by Gasteiger charge is -2.20. The second-order valence-electron chi connectivity index (χ2n) is 4.23. The van der Waals surface area contributed by atoms with Gasteiger partial charge in [-0.1, -0.05) is 36.6 Å². The molecule has 1 atom stereocenters. The molecule has 0 amide bonds. The highest BCUT2D eigenvalue weighted by molar-refractivity contribution is 6.33. The van der Waals surface area contributed by atoms with Crippen LogP contribution in [0, 0.1) is 5.92 Å². The van der Waals surface area contributed by atoms with Crippen molar-refractivity contribution in [1.82, 2.24) is 0 Å². The molecule has 1 aliphatic carbocycles. The first kappa shape index (κ1) is 10.8. The number of benzene rings is 1. The quantitative estimate of drug-likeness (QED) is 0.760. The summed E-state index contributed by atoms with van der Waals surface area (Å²) in [4.78, 5) is 0. The average Bonchev–Trinajstić information content (AvgIpc) is 2.74. The Hall–Kier alpha value is -0.730. The van der Waals surface area contributed by atoms with E-state index in [2.05, 4.69) is 0 Å². The molecule has 1 aliphatic rings. The van der Waals surface area contributed by atoms with Gasteiger partial charge in [-0.25, -0.2) is 0 Å². The highest BCUT2D eigenvalue weighted by atomic mass is 35.5. The van der Waals surface area contributed by atoms with Gasteiger partial charge >= 0.3 is 0 Å². The van der Waals surface area contributed by atoms with Crippen molar-refractivity contribution < 1.29 is 5.11 Å². The number of halogens is 1. The second-order valence-corrected chi connectivity index (χ2v) is 4.64. The fraction of sp³-hybridized carbons (Fsp3) is 0.500. The molecule has 15 heavy (non-hydrogen) atoms. The van der Waals surface area contributed by atoms with Crippen molar-refractivity contribution >= 4 is 17.3 Å². The molecule has 0 aromatic heterocycles. The third-order valence-electron chi connectivity index (χ3n) is 3.25. The van der Waals surface area contributed by atoms with E-state index in [4.69, 9.17) is 17.3 Å². The molecule has 1 unspecified atom stereocenters. The zero-order valence-corrected chi connectivity index (χ0v) is 9.37. The topological polar surface area (TPSA) is 46.2 Å². The van der Waals surface area contributed by atoms with Crippen LogP contribution in [0.1, 0.15) is 37.4 Å². The number of anilines is 1. The van der Waals surface area contributed by atoms with E-state index in [9.17, 15) is 5.11 Å². The second kappa shape index (κ2) is 4.42. The SMILES string of the molecule is Nc1c(Cl)cccc1C(O)C1CCCC1. The van der Waals surface area contributed by atoms with Gasteiger partial charge in [-0.3, -0.25) is 0 Å². The summed E-state index contributed by atoms with van der Waals surface area (Å²) >= 11 is 5.93. The Kier molecular flexibility index (Phi) is 3.17. The van der Waals surface area contributed by atoms with Crippen LogP contribution in [0.5, 0.6) is 0 Å². The van der Waals surface area contributed by atoms with E-state index in [1.807, 2.05) is 12.1 Å². The first-order valence-electron chi connectivity index (χ1n) is 5.42. The normalized spacial score (nSPS) is 19.3. The van der Waals surface area contributed by atoms with E-state index in [0.717, 1.165) is 18.4 Å². The smallest absolute Gasteiger partial charge is 0.0838 e. The molecule has 0 bridgehead atoms. The third-order valence-corrected chi connectivity index (χ3v) is 3.58. The summed E-state index contributed by atoms with van der Waals surface area (Å²) in [6, 6.07) is 5.46. The van der Waals surface area contributed by atoms with Crippen molar-refractivity contribution in [1.29, 1.82) is 0 Å². The van der Waals surface area contributed by atoms with Gasteiger partial charge in [-0.2, -0.15) is 0 Å². The Labute approximate surface area is 95.1 Å². The number of para-hydroxylation sites is 1. The largest absolute Gasteiger partial charge is 0.397 e. The molecule has 3 N–H and O–H groups in total. The standard InChI is InChI=1S/C12H16ClNO/c13-10-7-3-6-9(11(10)14)12(15)8-4-1-2-5-8/h3,6-8,12,15H,1-2,4-5,14H2. The van der Waals surface area contributed by atoms with E-state index in [0.29, 0.717) is 16.6 Å². The monoisotopic (exact) mass is 225 g/mol. The van der Waals surface area contributed by atoms with Crippen molar-refractivity contribution in [2.24, 2.45) is 5.92 Å². The van der Waals surface area contributed by atoms with Gasteiger partial charge in [0, 0.05) is 5.56 Å². The number of nitrogens with two attached hydrogens (primary N) is 1. The van der Waals surface area contributed by atoms with Crippen LogP contribution < -0.4 is 5.73 Å². The Morgan fingerprint density at radius 2 is 2.00 bits per heavy atom. The van der Waals surface area contributed by atoms with Gasteiger partial charge in [0.05, 0.1) is 16.8 Å². The molecule has 2 nitrogen and oxygen atoms in total. The minimum Gasteiger partial charge on any atom is -0.397 e. The number of rotatable bonds is 2. The number of aliphatic hydroxyl groups excluding tert-OH is 1. The molecule has 1 aromatic carbocycles. The van der Waals surface area contributed by atoms with E-state index in [1.54, 1.807) is 6.07 Å². The molecular weight excluding hydrogens is 210 g/mol. The number of hydrogen-bond donors (Lipinski definition) is 2. The summed E-state index contributed by atoms with van der Waals surface area (Å²) in [5.41, 5.74) is 7.17. The predicted octanol–water partition coefficient (Wildman–Crippen LogP) is 3.15. The van der Waals surface area contributed by atoms with E-state index in [1.165, 1.54) is 12.8 Å².